The van der Waals surface area contributed by atoms with E-state index in [0.717, 1.165) is 13.1 Å². The van der Waals surface area contributed by atoms with Crippen molar-refractivity contribution in [2.24, 2.45) is 5.41 Å². The highest BCUT2D eigenvalue weighted by Crippen LogP contribution is 2.47. The van der Waals surface area contributed by atoms with Gasteiger partial charge in [0.05, 0.1) is 6.10 Å². The van der Waals surface area contributed by atoms with Crippen LogP contribution in [0, 0.1) is 5.41 Å². The van der Waals surface area contributed by atoms with E-state index in [0.29, 0.717) is 17.1 Å². The largest absolute Gasteiger partial charge is 0.380 e. The Morgan fingerprint density at radius 3 is 2.75 bits per heavy atom. The highest BCUT2D eigenvalue weighted by atomic mass is 16.5. The van der Waals surface area contributed by atoms with Crippen molar-refractivity contribution in [3.05, 3.63) is 12.2 Å². The lowest BCUT2D eigenvalue weighted by Gasteiger charge is -2.37. The molecular weight excluding hydrogens is 198 g/mol. The first kappa shape index (κ1) is 12.1. The van der Waals surface area contributed by atoms with Crippen LogP contribution >= 0.6 is 0 Å². The molecule has 0 aromatic rings. The molecular formula is C14H25NO. The zero-order valence-corrected chi connectivity index (χ0v) is 11.2. The molecule has 0 spiro atoms. The quantitative estimate of drug-likeness (QED) is 0.667. The van der Waals surface area contributed by atoms with Crippen molar-refractivity contribution in [3.8, 4) is 0 Å². The molecule has 0 aromatic carbocycles. The van der Waals surface area contributed by atoms with Gasteiger partial charge in [0, 0.05) is 25.7 Å². The molecule has 0 aliphatic carbocycles. The van der Waals surface area contributed by atoms with E-state index in [1.807, 2.05) is 7.11 Å². The Kier molecular flexibility index (Phi) is 2.92. The minimum Gasteiger partial charge on any atom is -0.380 e. The fourth-order valence-electron chi connectivity index (χ4n) is 3.66. The SMILES string of the molecule is C=C1CN2C[C@@H](OC)CC2(CC(C)(C)C)C1. The highest BCUT2D eigenvalue weighted by molar-refractivity contribution is 5.19. The molecule has 2 saturated heterocycles. The lowest BCUT2D eigenvalue weighted by atomic mass is 9.77. The van der Waals surface area contributed by atoms with Crippen LogP contribution in [-0.2, 0) is 4.74 Å². The summed E-state index contributed by atoms with van der Waals surface area (Å²) in [6, 6.07) is 0. The lowest BCUT2D eigenvalue weighted by Crippen LogP contribution is -2.41. The standard InChI is InChI=1S/C14H25NO/c1-11-6-14(10-13(2,3)4)7-12(16-5)9-15(14)8-11/h12H,1,6-10H2,2-5H3/t12-,14?/m0/s1. The number of fused-ring (bicyclic) bond motifs is 1. The van der Waals surface area contributed by atoms with Crippen molar-refractivity contribution in [1.29, 1.82) is 0 Å². The maximum atomic E-state index is 5.55. The van der Waals surface area contributed by atoms with E-state index in [2.05, 4.69) is 32.3 Å². The van der Waals surface area contributed by atoms with Crippen LogP contribution in [0.1, 0.15) is 40.0 Å². The predicted octanol–water partition coefficient (Wildman–Crippen LogP) is 2.84. The Morgan fingerprint density at radius 2 is 2.19 bits per heavy atom. The molecule has 0 radical (unpaired) electrons. The Morgan fingerprint density at radius 1 is 1.50 bits per heavy atom. The third-order valence-electron chi connectivity index (χ3n) is 3.89. The molecule has 0 N–H and O–H groups in total. The molecule has 2 fully saturated rings. The molecule has 0 bridgehead atoms. The number of ether oxygens (including phenoxy) is 1. The van der Waals surface area contributed by atoms with Crippen molar-refractivity contribution >= 4 is 0 Å². The zero-order valence-electron chi connectivity index (χ0n) is 11.2. The third kappa shape index (κ3) is 2.18. The van der Waals surface area contributed by atoms with Gasteiger partial charge in [-0.3, -0.25) is 4.90 Å². The van der Waals surface area contributed by atoms with E-state index in [1.54, 1.807) is 0 Å². The van der Waals surface area contributed by atoms with Gasteiger partial charge in [0.1, 0.15) is 0 Å². The normalized spacial score (nSPS) is 35.8. The summed E-state index contributed by atoms with van der Waals surface area (Å²) in [4.78, 5) is 2.61. The van der Waals surface area contributed by atoms with Gasteiger partial charge in [0.2, 0.25) is 0 Å². The molecule has 2 nitrogen and oxygen atoms in total. The van der Waals surface area contributed by atoms with Crippen LogP contribution in [0.25, 0.3) is 0 Å². The van der Waals surface area contributed by atoms with Gasteiger partial charge in [-0.05, 0) is 24.7 Å². The van der Waals surface area contributed by atoms with Crippen molar-refractivity contribution < 1.29 is 4.74 Å². The van der Waals surface area contributed by atoms with Crippen LogP contribution in [-0.4, -0.2) is 36.7 Å². The zero-order chi connectivity index (χ0) is 12.0. The average Bonchev–Trinajstić information content (AvgIpc) is 2.52. The maximum Gasteiger partial charge on any atom is 0.0716 e. The van der Waals surface area contributed by atoms with Gasteiger partial charge in [0.15, 0.2) is 0 Å². The molecule has 1 unspecified atom stereocenters. The van der Waals surface area contributed by atoms with Gasteiger partial charge < -0.3 is 4.74 Å². The maximum absolute atomic E-state index is 5.55. The lowest BCUT2D eigenvalue weighted by molar-refractivity contribution is 0.107. The molecule has 2 aliphatic heterocycles. The molecule has 0 saturated carbocycles. The molecule has 2 aliphatic rings. The summed E-state index contributed by atoms with van der Waals surface area (Å²) in [5.74, 6) is 0. The van der Waals surface area contributed by atoms with Gasteiger partial charge in [-0.1, -0.05) is 32.9 Å². The topological polar surface area (TPSA) is 12.5 Å². The van der Waals surface area contributed by atoms with E-state index < -0.39 is 0 Å². The fraction of sp³-hybridized carbons (Fsp3) is 0.857. The Hall–Kier alpha value is -0.340. The Bertz CT molecular complexity index is 292. The second-order valence-corrected chi connectivity index (χ2v) is 6.83. The van der Waals surface area contributed by atoms with E-state index in [1.165, 1.54) is 24.8 Å². The molecule has 0 amide bonds. The van der Waals surface area contributed by atoms with Crippen LogP contribution in [0.15, 0.2) is 12.2 Å². The number of hydrogen-bond acceptors (Lipinski definition) is 2. The van der Waals surface area contributed by atoms with Crippen LogP contribution in [0.4, 0.5) is 0 Å². The van der Waals surface area contributed by atoms with E-state index in [4.69, 9.17) is 4.74 Å². The molecule has 2 rings (SSSR count). The predicted molar refractivity (Wildman–Crippen MR) is 67.5 cm³/mol. The van der Waals surface area contributed by atoms with E-state index in [-0.39, 0.29) is 0 Å². The molecule has 2 heterocycles. The first-order valence-electron chi connectivity index (χ1n) is 6.29. The van der Waals surface area contributed by atoms with Gasteiger partial charge in [0.25, 0.3) is 0 Å². The number of rotatable bonds is 2. The smallest absolute Gasteiger partial charge is 0.0716 e. The van der Waals surface area contributed by atoms with E-state index >= 15 is 0 Å². The monoisotopic (exact) mass is 223 g/mol. The van der Waals surface area contributed by atoms with Gasteiger partial charge in [-0.15, -0.1) is 0 Å². The molecule has 2 heteroatoms. The third-order valence-corrected chi connectivity index (χ3v) is 3.89. The second-order valence-electron chi connectivity index (χ2n) is 6.83. The summed E-state index contributed by atoms with van der Waals surface area (Å²) >= 11 is 0. The summed E-state index contributed by atoms with van der Waals surface area (Å²) in [6.07, 6.45) is 4.03. The van der Waals surface area contributed by atoms with E-state index in [9.17, 15) is 0 Å². The highest BCUT2D eigenvalue weighted by Gasteiger charge is 2.50. The van der Waals surface area contributed by atoms with Crippen LogP contribution in [0.5, 0.6) is 0 Å². The molecule has 16 heavy (non-hydrogen) atoms. The van der Waals surface area contributed by atoms with Gasteiger partial charge >= 0.3 is 0 Å². The molecule has 0 aromatic heterocycles. The Labute approximate surface area is 99.7 Å². The fourth-order valence-corrected chi connectivity index (χ4v) is 3.66. The van der Waals surface area contributed by atoms with Crippen LogP contribution < -0.4 is 0 Å². The van der Waals surface area contributed by atoms with Crippen LogP contribution in [0.3, 0.4) is 0 Å². The van der Waals surface area contributed by atoms with Crippen molar-refractivity contribution in [1.82, 2.24) is 4.90 Å². The first-order chi connectivity index (χ1) is 7.35. The summed E-state index contributed by atoms with van der Waals surface area (Å²) < 4.78 is 5.55. The first-order valence-corrected chi connectivity index (χ1v) is 6.29. The van der Waals surface area contributed by atoms with Gasteiger partial charge in [-0.2, -0.15) is 0 Å². The second kappa shape index (κ2) is 3.85. The van der Waals surface area contributed by atoms with Crippen LogP contribution in [0.2, 0.25) is 0 Å². The number of nitrogens with zero attached hydrogens (tertiary/aromatic N) is 1. The van der Waals surface area contributed by atoms with Crippen molar-refractivity contribution in [2.45, 2.75) is 51.7 Å². The number of methoxy groups -OCH3 is 1. The summed E-state index contributed by atoms with van der Waals surface area (Å²) in [5, 5.41) is 0. The summed E-state index contributed by atoms with van der Waals surface area (Å²) in [5.41, 5.74) is 2.13. The van der Waals surface area contributed by atoms with Crippen molar-refractivity contribution in [2.75, 3.05) is 20.2 Å². The minimum absolute atomic E-state index is 0.343. The number of hydrogen-bond donors (Lipinski definition) is 0. The molecule has 2 atom stereocenters. The van der Waals surface area contributed by atoms with Crippen molar-refractivity contribution in [3.63, 3.8) is 0 Å². The average molecular weight is 223 g/mol. The Balaban J connectivity index is 2.17. The summed E-state index contributed by atoms with van der Waals surface area (Å²) in [7, 11) is 1.84. The minimum atomic E-state index is 0.343. The molecule has 92 valence electrons. The van der Waals surface area contributed by atoms with Gasteiger partial charge in [-0.25, -0.2) is 0 Å². The summed E-state index contributed by atoms with van der Waals surface area (Å²) in [6.45, 7) is 13.4.